The van der Waals surface area contributed by atoms with Crippen LogP contribution in [-0.2, 0) is 25.5 Å². The first-order chi connectivity index (χ1) is 15.3. The molecule has 0 saturated carbocycles. The molecule has 2 aliphatic heterocycles. The molecule has 0 N–H and O–H groups in total. The molecule has 8 nitrogen and oxygen atoms in total. The second kappa shape index (κ2) is 8.87. The van der Waals surface area contributed by atoms with Crippen LogP contribution in [0.15, 0.2) is 30.5 Å². The average Bonchev–Trinajstić information content (AvgIpc) is 3.21. The van der Waals surface area contributed by atoms with Gasteiger partial charge in [0, 0.05) is 32.3 Å². The normalized spacial score (nSPS) is 21.3. The number of methoxy groups -OCH3 is 1. The Labute approximate surface area is 188 Å². The number of carbonyl (C=O) groups is 3. The maximum atomic E-state index is 13.1. The van der Waals surface area contributed by atoms with Crippen LogP contribution in [0.1, 0.15) is 29.4 Å². The number of amides is 1. The van der Waals surface area contributed by atoms with E-state index in [0.29, 0.717) is 29.6 Å². The molecule has 2 aliphatic rings. The van der Waals surface area contributed by atoms with Gasteiger partial charge >= 0.3 is 0 Å². The molecule has 2 atom stereocenters. The molecule has 0 radical (unpaired) electrons. The summed E-state index contributed by atoms with van der Waals surface area (Å²) in [5.74, 6) is -2.22. The largest absolute Gasteiger partial charge is 0.382 e. The third-order valence-electron chi connectivity index (χ3n) is 5.59. The number of piperazine rings is 1. The van der Waals surface area contributed by atoms with E-state index in [9.17, 15) is 18.8 Å². The van der Waals surface area contributed by atoms with E-state index in [0.717, 1.165) is 5.56 Å². The first kappa shape index (κ1) is 22.2. The Hall–Kier alpha value is -2.98. The van der Waals surface area contributed by atoms with Crippen molar-refractivity contribution in [1.82, 2.24) is 20.0 Å². The van der Waals surface area contributed by atoms with Gasteiger partial charge in [0.25, 0.3) is 5.91 Å². The maximum Gasteiger partial charge on any atom is 0.253 e. The fraction of sp³-hybridized carbons (Fsp3) is 0.409. The highest BCUT2D eigenvalue weighted by molar-refractivity contribution is 7.13. The van der Waals surface area contributed by atoms with E-state index < -0.39 is 17.6 Å². The molecule has 0 spiro atoms. The van der Waals surface area contributed by atoms with Gasteiger partial charge in [-0.05, 0) is 31.5 Å². The van der Waals surface area contributed by atoms with Crippen molar-refractivity contribution in [3.63, 3.8) is 0 Å². The van der Waals surface area contributed by atoms with Gasteiger partial charge in [-0.1, -0.05) is 23.5 Å². The van der Waals surface area contributed by atoms with Crippen molar-refractivity contribution in [1.29, 1.82) is 0 Å². The predicted molar refractivity (Wildman–Crippen MR) is 115 cm³/mol. The third kappa shape index (κ3) is 4.07. The highest BCUT2D eigenvalue weighted by Gasteiger charge is 2.49. The number of halogens is 1. The lowest BCUT2D eigenvalue weighted by atomic mass is 9.92. The van der Waals surface area contributed by atoms with Gasteiger partial charge in [-0.2, -0.15) is 0 Å². The lowest BCUT2D eigenvalue weighted by Gasteiger charge is -2.47. The minimum Gasteiger partial charge on any atom is -0.382 e. The minimum absolute atomic E-state index is 0.102. The molecule has 1 saturated heterocycles. The Morgan fingerprint density at radius 1 is 1.19 bits per heavy atom. The molecule has 0 aliphatic carbocycles. The average molecular weight is 459 g/mol. The van der Waals surface area contributed by atoms with Crippen LogP contribution in [0.3, 0.4) is 0 Å². The molecule has 1 unspecified atom stereocenters. The molecule has 1 fully saturated rings. The number of aromatic nitrogens is 2. The van der Waals surface area contributed by atoms with Crippen molar-refractivity contribution in [2.45, 2.75) is 38.4 Å². The zero-order valence-corrected chi connectivity index (χ0v) is 18.8. The van der Waals surface area contributed by atoms with E-state index in [4.69, 9.17) is 4.74 Å². The summed E-state index contributed by atoms with van der Waals surface area (Å²) in [5.41, 5.74) is 0.978. The molecule has 2 aromatic rings. The van der Waals surface area contributed by atoms with Gasteiger partial charge < -0.3 is 14.5 Å². The minimum atomic E-state index is -1.19. The number of hydrogen-bond acceptors (Lipinski definition) is 8. The Bertz CT molecular complexity index is 1080. The Morgan fingerprint density at radius 3 is 2.56 bits per heavy atom. The summed E-state index contributed by atoms with van der Waals surface area (Å²) < 4.78 is 18.4. The Balaban J connectivity index is 1.65. The van der Waals surface area contributed by atoms with Crippen molar-refractivity contribution < 1.29 is 23.5 Å². The molecule has 1 amide bonds. The van der Waals surface area contributed by atoms with Crippen LogP contribution in [0.5, 0.6) is 0 Å². The molecular formula is C22H23FN4O4S. The topological polar surface area (TPSA) is 92.7 Å². The van der Waals surface area contributed by atoms with Gasteiger partial charge in [-0.25, -0.2) is 4.39 Å². The highest BCUT2D eigenvalue weighted by atomic mass is 32.1. The summed E-state index contributed by atoms with van der Waals surface area (Å²) >= 11 is 1.19. The van der Waals surface area contributed by atoms with E-state index in [1.165, 1.54) is 23.5 Å². The number of Topliss-reactive ketones (excluding diaryl/α,β-unsaturated/α-hetero) is 2. The second-order valence-electron chi connectivity index (χ2n) is 8.08. The number of carbonyl (C=O) groups excluding carboxylic acids is 3. The predicted octanol–water partition coefficient (Wildman–Crippen LogP) is 1.70. The highest BCUT2D eigenvalue weighted by Crippen LogP contribution is 2.31. The van der Waals surface area contributed by atoms with Crippen LogP contribution >= 0.6 is 11.3 Å². The second-order valence-corrected chi connectivity index (χ2v) is 9.15. The number of benzene rings is 1. The molecular weight excluding hydrogens is 435 g/mol. The molecule has 10 heteroatoms. The maximum absolute atomic E-state index is 13.1. The van der Waals surface area contributed by atoms with E-state index in [1.54, 1.807) is 35.2 Å². The van der Waals surface area contributed by atoms with E-state index in [2.05, 4.69) is 10.2 Å². The van der Waals surface area contributed by atoms with Gasteiger partial charge in [0.05, 0.1) is 18.2 Å². The number of hydrogen-bond donors (Lipinski definition) is 0. The molecule has 1 aromatic heterocycles. The lowest BCUT2D eigenvalue weighted by Crippen LogP contribution is -2.67. The summed E-state index contributed by atoms with van der Waals surface area (Å²) in [6.45, 7) is 4.43. The van der Waals surface area contributed by atoms with E-state index in [-0.39, 0.29) is 29.4 Å². The van der Waals surface area contributed by atoms with Crippen LogP contribution in [0.25, 0.3) is 5.57 Å². The quantitative estimate of drug-likeness (QED) is 0.481. The van der Waals surface area contributed by atoms with Crippen molar-refractivity contribution in [2.24, 2.45) is 0 Å². The lowest BCUT2D eigenvalue weighted by molar-refractivity contribution is -0.155. The molecule has 168 valence electrons. The zero-order valence-electron chi connectivity index (χ0n) is 17.9. The summed E-state index contributed by atoms with van der Waals surface area (Å²) in [4.78, 5) is 42.1. The molecule has 0 bridgehead atoms. The number of nitrogens with zero attached hydrogens (tertiary/aromatic N) is 4. The first-order valence-electron chi connectivity index (χ1n) is 10.2. The zero-order chi connectivity index (χ0) is 23.0. The molecule has 4 rings (SSSR count). The Morgan fingerprint density at radius 2 is 1.91 bits per heavy atom. The molecule has 1 aromatic carbocycles. The number of ether oxygens (including phenoxy) is 1. The van der Waals surface area contributed by atoms with Gasteiger partial charge in [0.1, 0.15) is 10.8 Å². The fourth-order valence-electron chi connectivity index (χ4n) is 3.96. The van der Waals surface area contributed by atoms with Gasteiger partial charge in [-0.3, -0.25) is 14.4 Å². The van der Waals surface area contributed by atoms with Gasteiger partial charge in [0.2, 0.25) is 11.6 Å². The summed E-state index contributed by atoms with van der Waals surface area (Å²) in [6, 6.07) is 4.49. The number of ketones is 2. The van der Waals surface area contributed by atoms with Gasteiger partial charge in [-0.15, -0.1) is 10.2 Å². The summed E-state index contributed by atoms with van der Waals surface area (Å²) in [6.07, 6.45) is 1.98. The first-order valence-corrected chi connectivity index (χ1v) is 11.1. The van der Waals surface area contributed by atoms with Gasteiger partial charge in [0.15, 0.2) is 11.0 Å². The van der Waals surface area contributed by atoms with Crippen molar-refractivity contribution in [3.8, 4) is 0 Å². The van der Waals surface area contributed by atoms with Crippen LogP contribution in [0.2, 0.25) is 0 Å². The van der Waals surface area contributed by atoms with Crippen molar-refractivity contribution >= 4 is 34.4 Å². The summed E-state index contributed by atoms with van der Waals surface area (Å²) in [7, 11) is 1.55. The van der Waals surface area contributed by atoms with E-state index in [1.807, 2.05) is 13.8 Å². The third-order valence-corrected chi connectivity index (χ3v) is 6.54. The smallest absolute Gasteiger partial charge is 0.253 e. The van der Waals surface area contributed by atoms with Crippen molar-refractivity contribution in [2.75, 3.05) is 20.3 Å². The van der Waals surface area contributed by atoms with E-state index >= 15 is 0 Å². The summed E-state index contributed by atoms with van der Waals surface area (Å²) in [5, 5.41) is 9.18. The monoisotopic (exact) mass is 458 g/mol. The van der Waals surface area contributed by atoms with Crippen molar-refractivity contribution in [3.05, 3.63) is 51.9 Å². The number of allylic oxidation sites excluding steroid dienone is 1. The standard InChI is InChI=1S/C22H23FN4O4S/c1-12(2)26-9-15(11-31-3)27-10-16(19(28)20(29)18(27)22(26)30)21-25-24-17(32-21)8-13-4-6-14(23)7-5-13/h4-7,10,12,15,18H,8-9,11H2,1-3H3/t15-,18?/m0/s1. The molecule has 32 heavy (non-hydrogen) atoms. The van der Waals surface area contributed by atoms with Crippen LogP contribution in [0, 0.1) is 5.82 Å². The SMILES string of the molecule is COC[C@@H]1CN(C(C)C)C(=O)C2C(=O)C(=O)C(c3nnc(Cc4ccc(F)cc4)s3)=CN21. The Kier molecular flexibility index (Phi) is 6.16. The molecule has 3 heterocycles. The van der Waals surface area contributed by atoms with Crippen LogP contribution in [0.4, 0.5) is 4.39 Å². The fourth-order valence-corrected chi connectivity index (χ4v) is 4.84. The number of rotatable bonds is 6. The van der Waals surface area contributed by atoms with Crippen LogP contribution in [-0.4, -0.2) is 75.9 Å². The van der Waals surface area contributed by atoms with Crippen LogP contribution < -0.4 is 0 Å². The number of fused-ring (bicyclic) bond motifs is 1.